The zero-order valence-corrected chi connectivity index (χ0v) is 15.1. The summed E-state index contributed by atoms with van der Waals surface area (Å²) < 4.78 is 10.9. The quantitative estimate of drug-likeness (QED) is 0.813. The fraction of sp³-hybridized carbons (Fsp3) is 0.286. The van der Waals surface area contributed by atoms with E-state index in [1.54, 1.807) is 12.1 Å². The fourth-order valence-electron chi connectivity index (χ4n) is 3.14. The molecule has 3 rings (SSSR count). The average Bonchev–Trinajstić information content (AvgIpc) is 2.60. The van der Waals surface area contributed by atoms with E-state index in [1.807, 2.05) is 26.0 Å². The van der Waals surface area contributed by atoms with Gasteiger partial charge in [-0.25, -0.2) is 0 Å². The van der Waals surface area contributed by atoms with Gasteiger partial charge in [-0.3, -0.25) is 4.79 Å². The van der Waals surface area contributed by atoms with Gasteiger partial charge in [-0.05, 0) is 44.0 Å². The van der Waals surface area contributed by atoms with Crippen LogP contribution in [0.1, 0.15) is 41.3 Å². The van der Waals surface area contributed by atoms with Crippen molar-refractivity contribution in [3.8, 4) is 23.0 Å². The van der Waals surface area contributed by atoms with Gasteiger partial charge in [-0.1, -0.05) is 17.7 Å². The molecule has 1 atom stereocenters. The summed E-state index contributed by atoms with van der Waals surface area (Å²) in [7, 11) is 1.50. The summed E-state index contributed by atoms with van der Waals surface area (Å²) >= 11 is 0. The number of carbonyl (C=O) groups excluding carboxylic acids is 1. The number of fused-ring (bicyclic) bond motifs is 1. The van der Waals surface area contributed by atoms with Crippen molar-refractivity contribution in [2.75, 3.05) is 13.7 Å². The molecule has 0 aromatic heterocycles. The first-order valence-corrected chi connectivity index (χ1v) is 8.44. The molecule has 0 fully saturated rings. The molecule has 0 bridgehead atoms. The van der Waals surface area contributed by atoms with E-state index in [1.165, 1.54) is 19.2 Å². The third-order valence-electron chi connectivity index (χ3n) is 4.54. The Morgan fingerprint density at radius 1 is 1.27 bits per heavy atom. The monoisotopic (exact) mass is 354 g/mol. The van der Waals surface area contributed by atoms with E-state index in [0.29, 0.717) is 29.0 Å². The number of phenolic OH excluding ortho intramolecular Hbond substituents is 2. The maximum atomic E-state index is 13.0. The molecule has 5 heteroatoms. The number of rotatable bonds is 4. The topological polar surface area (TPSA) is 76.0 Å². The minimum absolute atomic E-state index is 0.0480. The molecule has 2 N–H and O–H groups in total. The lowest BCUT2D eigenvalue weighted by atomic mass is 9.85. The second kappa shape index (κ2) is 7.12. The largest absolute Gasteiger partial charge is 0.508 e. The van der Waals surface area contributed by atoms with Crippen LogP contribution in [0, 0.1) is 0 Å². The normalized spacial score (nSPS) is 15.8. The van der Waals surface area contributed by atoms with Gasteiger partial charge in [-0.15, -0.1) is 0 Å². The third-order valence-corrected chi connectivity index (χ3v) is 4.54. The molecule has 0 amide bonds. The standard InChI is InChI=1S/C21H22O5/c1-12(2)4-6-15-14(8-9-18(25-3)21(15)24)17-11-26-19-10-13(22)5-7-16(19)20(17)23/h4-5,7-10,17,22,24H,6,11H2,1-3H3/t17-/m0/s1. The number of ether oxygens (including phenoxy) is 2. The van der Waals surface area contributed by atoms with Crippen molar-refractivity contribution in [2.45, 2.75) is 26.2 Å². The predicted octanol–water partition coefficient (Wildman–Crippen LogP) is 3.97. The summed E-state index contributed by atoms with van der Waals surface area (Å²) in [5, 5.41) is 20.2. The van der Waals surface area contributed by atoms with Crippen LogP contribution in [0.5, 0.6) is 23.0 Å². The maximum absolute atomic E-state index is 13.0. The highest BCUT2D eigenvalue weighted by Crippen LogP contribution is 2.40. The molecule has 1 heterocycles. The smallest absolute Gasteiger partial charge is 0.177 e. The van der Waals surface area contributed by atoms with Gasteiger partial charge in [0.1, 0.15) is 18.1 Å². The SMILES string of the molecule is COc1ccc([C@@H]2COc3cc(O)ccc3C2=O)c(CC=C(C)C)c1O. The number of Topliss-reactive ketones (excluding diaryl/α,β-unsaturated/α-hetero) is 1. The van der Waals surface area contributed by atoms with Crippen molar-refractivity contribution < 1.29 is 24.5 Å². The summed E-state index contributed by atoms with van der Waals surface area (Å²) in [5.74, 6) is 0.252. The van der Waals surface area contributed by atoms with Gasteiger partial charge in [-0.2, -0.15) is 0 Å². The number of aromatic hydroxyl groups is 2. The minimum atomic E-state index is -0.524. The number of hydrogen-bond donors (Lipinski definition) is 2. The minimum Gasteiger partial charge on any atom is -0.508 e. The van der Waals surface area contributed by atoms with E-state index in [-0.39, 0.29) is 23.9 Å². The van der Waals surface area contributed by atoms with Crippen LogP contribution >= 0.6 is 0 Å². The van der Waals surface area contributed by atoms with Crippen LogP contribution in [0.4, 0.5) is 0 Å². The van der Waals surface area contributed by atoms with Crippen molar-refractivity contribution in [1.82, 2.24) is 0 Å². The van der Waals surface area contributed by atoms with Crippen molar-refractivity contribution in [1.29, 1.82) is 0 Å². The third kappa shape index (κ3) is 3.25. The summed E-state index contributed by atoms with van der Waals surface area (Å²) in [6, 6.07) is 7.95. The number of ketones is 1. The number of phenols is 2. The van der Waals surface area contributed by atoms with E-state index < -0.39 is 5.92 Å². The molecular weight excluding hydrogens is 332 g/mol. The molecule has 5 nitrogen and oxygen atoms in total. The number of carbonyl (C=O) groups is 1. The van der Waals surface area contributed by atoms with E-state index in [4.69, 9.17) is 9.47 Å². The molecule has 0 saturated heterocycles. The predicted molar refractivity (Wildman–Crippen MR) is 98.5 cm³/mol. The van der Waals surface area contributed by atoms with Crippen LogP contribution in [0.25, 0.3) is 0 Å². The van der Waals surface area contributed by atoms with Gasteiger partial charge in [0, 0.05) is 11.6 Å². The van der Waals surface area contributed by atoms with E-state index in [0.717, 1.165) is 11.1 Å². The first kappa shape index (κ1) is 17.9. The van der Waals surface area contributed by atoms with E-state index >= 15 is 0 Å². The molecule has 1 aliphatic rings. The van der Waals surface area contributed by atoms with Crippen LogP contribution < -0.4 is 9.47 Å². The molecule has 0 radical (unpaired) electrons. The zero-order valence-electron chi connectivity index (χ0n) is 15.1. The number of hydrogen-bond acceptors (Lipinski definition) is 5. The molecule has 0 unspecified atom stereocenters. The Balaban J connectivity index is 2.06. The summed E-state index contributed by atoms with van der Waals surface area (Å²) in [6.07, 6.45) is 2.49. The lowest BCUT2D eigenvalue weighted by molar-refractivity contribution is 0.0895. The van der Waals surface area contributed by atoms with Gasteiger partial charge in [0.05, 0.1) is 18.6 Å². The summed E-state index contributed by atoms with van der Waals surface area (Å²) in [6.45, 7) is 4.12. The van der Waals surface area contributed by atoms with Crippen molar-refractivity contribution in [3.63, 3.8) is 0 Å². The van der Waals surface area contributed by atoms with Crippen molar-refractivity contribution in [2.24, 2.45) is 0 Å². The molecule has 1 aliphatic heterocycles. The zero-order chi connectivity index (χ0) is 18.8. The van der Waals surface area contributed by atoms with Gasteiger partial charge in [0.2, 0.25) is 0 Å². The van der Waals surface area contributed by atoms with Crippen LogP contribution in [0.3, 0.4) is 0 Å². The Kier molecular flexibility index (Phi) is 4.89. The maximum Gasteiger partial charge on any atom is 0.177 e. The van der Waals surface area contributed by atoms with Crippen LogP contribution in [-0.2, 0) is 6.42 Å². The van der Waals surface area contributed by atoms with Crippen LogP contribution in [0.15, 0.2) is 42.0 Å². The number of allylic oxidation sites excluding steroid dienone is 2. The van der Waals surface area contributed by atoms with Crippen molar-refractivity contribution >= 4 is 5.78 Å². The molecule has 2 aromatic carbocycles. The van der Waals surface area contributed by atoms with Gasteiger partial charge in [0.15, 0.2) is 17.3 Å². The lowest BCUT2D eigenvalue weighted by Crippen LogP contribution is -2.27. The molecule has 0 saturated carbocycles. The molecule has 26 heavy (non-hydrogen) atoms. The molecule has 2 aromatic rings. The lowest BCUT2D eigenvalue weighted by Gasteiger charge is -2.26. The Hall–Kier alpha value is -2.95. The number of benzene rings is 2. The Bertz CT molecular complexity index is 878. The van der Waals surface area contributed by atoms with Crippen LogP contribution in [0.2, 0.25) is 0 Å². The summed E-state index contributed by atoms with van der Waals surface area (Å²) in [4.78, 5) is 13.0. The van der Waals surface area contributed by atoms with Gasteiger partial charge in [0.25, 0.3) is 0 Å². The van der Waals surface area contributed by atoms with E-state index in [9.17, 15) is 15.0 Å². The average molecular weight is 354 g/mol. The Morgan fingerprint density at radius 2 is 2.04 bits per heavy atom. The highest BCUT2D eigenvalue weighted by molar-refractivity contribution is 6.04. The summed E-state index contributed by atoms with van der Waals surface area (Å²) in [5.41, 5.74) is 2.94. The first-order valence-electron chi connectivity index (χ1n) is 8.44. The highest BCUT2D eigenvalue weighted by Gasteiger charge is 2.32. The van der Waals surface area contributed by atoms with Gasteiger partial charge < -0.3 is 19.7 Å². The molecule has 0 aliphatic carbocycles. The number of methoxy groups -OCH3 is 1. The Labute approximate surface area is 152 Å². The highest BCUT2D eigenvalue weighted by atomic mass is 16.5. The van der Waals surface area contributed by atoms with Crippen molar-refractivity contribution in [3.05, 3.63) is 58.7 Å². The Morgan fingerprint density at radius 3 is 2.73 bits per heavy atom. The second-order valence-electron chi connectivity index (χ2n) is 6.58. The fourth-order valence-corrected chi connectivity index (χ4v) is 3.14. The first-order chi connectivity index (χ1) is 12.4. The molecule has 0 spiro atoms. The van der Waals surface area contributed by atoms with Gasteiger partial charge >= 0.3 is 0 Å². The van der Waals surface area contributed by atoms with Crippen LogP contribution in [-0.4, -0.2) is 29.7 Å². The molecule has 136 valence electrons. The molecular formula is C21H22O5. The van der Waals surface area contributed by atoms with E-state index in [2.05, 4.69) is 0 Å². The second-order valence-corrected chi connectivity index (χ2v) is 6.58.